The van der Waals surface area contributed by atoms with Crippen LogP contribution in [0.15, 0.2) is 12.1 Å². The summed E-state index contributed by atoms with van der Waals surface area (Å²) in [7, 11) is 6.13. The number of anilines is 2. The van der Waals surface area contributed by atoms with Crippen molar-refractivity contribution in [2.45, 2.75) is 38.6 Å². The van der Waals surface area contributed by atoms with Gasteiger partial charge in [0.05, 0.1) is 12.6 Å². The molecule has 0 aliphatic carbocycles. The maximum atomic E-state index is 5.67. The first-order valence-electron chi connectivity index (χ1n) is 11.3. The number of nitrogens with one attached hydrogen (secondary N) is 1. The van der Waals surface area contributed by atoms with E-state index in [0.29, 0.717) is 6.04 Å². The molecule has 3 heterocycles. The summed E-state index contributed by atoms with van der Waals surface area (Å²) in [5.74, 6) is 2.72. The fraction of sp³-hybridized carbons (Fsp3) is 0.652. The van der Waals surface area contributed by atoms with Gasteiger partial charge < -0.3 is 24.8 Å². The van der Waals surface area contributed by atoms with Crippen LogP contribution < -0.4 is 15.0 Å². The number of aryl methyl sites for hydroxylation is 1. The number of methoxy groups -OCH3 is 1. The molecule has 2 aromatic rings. The number of benzene rings is 1. The molecule has 7 nitrogen and oxygen atoms in total. The van der Waals surface area contributed by atoms with E-state index >= 15 is 0 Å². The Morgan fingerprint density at radius 2 is 1.77 bits per heavy atom. The van der Waals surface area contributed by atoms with E-state index in [9.17, 15) is 0 Å². The Balaban J connectivity index is 1.73. The second kappa shape index (κ2) is 9.35. The average Bonchev–Trinajstić information content (AvgIpc) is 2.98. The van der Waals surface area contributed by atoms with Crippen molar-refractivity contribution in [1.29, 1.82) is 0 Å². The lowest BCUT2D eigenvalue weighted by molar-refractivity contribution is 0.264. The maximum absolute atomic E-state index is 5.67. The molecular formula is C23H36N6O. The first kappa shape index (κ1) is 21.1. The van der Waals surface area contributed by atoms with E-state index in [0.717, 1.165) is 93.4 Å². The number of hydrogen-bond donors (Lipinski definition) is 1. The molecule has 2 aliphatic rings. The van der Waals surface area contributed by atoms with Crippen LogP contribution in [0.2, 0.25) is 0 Å². The van der Waals surface area contributed by atoms with Gasteiger partial charge in [-0.25, -0.2) is 4.98 Å². The highest BCUT2D eigenvalue weighted by Crippen LogP contribution is 2.32. The summed E-state index contributed by atoms with van der Waals surface area (Å²) in [6, 6.07) is 4.74. The van der Waals surface area contributed by atoms with E-state index in [4.69, 9.17) is 14.7 Å². The first-order valence-corrected chi connectivity index (χ1v) is 11.3. The van der Waals surface area contributed by atoms with Crippen LogP contribution in [0.5, 0.6) is 5.75 Å². The molecule has 1 aromatic carbocycles. The van der Waals surface area contributed by atoms with Crippen LogP contribution in [0, 0.1) is 0 Å². The molecule has 2 aliphatic heterocycles. The zero-order valence-electron chi connectivity index (χ0n) is 18.9. The molecular weight excluding hydrogens is 376 g/mol. The standard InChI is InChI=1S/C23H36N6O/c1-5-17-15-20-19(16-21(17)30-4)22(24-18-7-11-28(3)12-8-18)26-23(25-20)29-10-6-9-27(2)13-14-29/h15-16,18H,5-14H2,1-4H3,(H,24,25,26). The van der Waals surface area contributed by atoms with Gasteiger partial charge in [-0.3, -0.25) is 0 Å². The highest BCUT2D eigenvalue weighted by Gasteiger charge is 2.22. The number of nitrogens with zero attached hydrogens (tertiary/aromatic N) is 5. The highest BCUT2D eigenvalue weighted by molar-refractivity contribution is 5.92. The van der Waals surface area contributed by atoms with Crippen molar-refractivity contribution in [3.63, 3.8) is 0 Å². The van der Waals surface area contributed by atoms with Gasteiger partial charge in [-0.1, -0.05) is 6.92 Å². The topological polar surface area (TPSA) is 56.8 Å². The molecule has 7 heteroatoms. The van der Waals surface area contributed by atoms with Crippen molar-refractivity contribution in [2.24, 2.45) is 0 Å². The molecule has 0 spiro atoms. The lowest BCUT2D eigenvalue weighted by atomic mass is 10.0. The van der Waals surface area contributed by atoms with Gasteiger partial charge >= 0.3 is 0 Å². The normalized spacial score (nSPS) is 19.8. The van der Waals surface area contributed by atoms with E-state index in [1.165, 1.54) is 5.56 Å². The van der Waals surface area contributed by atoms with E-state index in [-0.39, 0.29) is 0 Å². The third-order valence-electron chi connectivity index (χ3n) is 6.53. The fourth-order valence-corrected chi connectivity index (χ4v) is 4.50. The highest BCUT2D eigenvalue weighted by atomic mass is 16.5. The van der Waals surface area contributed by atoms with Crippen LogP contribution >= 0.6 is 0 Å². The van der Waals surface area contributed by atoms with Crippen molar-refractivity contribution >= 4 is 22.7 Å². The van der Waals surface area contributed by atoms with Crippen molar-refractivity contribution in [1.82, 2.24) is 19.8 Å². The average molecular weight is 413 g/mol. The van der Waals surface area contributed by atoms with Crippen LogP contribution in [-0.4, -0.2) is 86.3 Å². The smallest absolute Gasteiger partial charge is 0.227 e. The molecule has 1 aromatic heterocycles. The summed E-state index contributed by atoms with van der Waals surface area (Å²) in [5, 5.41) is 4.82. The molecule has 30 heavy (non-hydrogen) atoms. The molecule has 164 valence electrons. The summed E-state index contributed by atoms with van der Waals surface area (Å²) < 4.78 is 5.67. The predicted octanol–water partition coefficient (Wildman–Crippen LogP) is 2.85. The molecule has 0 unspecified atom stereocenters. The number of aromatic nitrogens is 2. The zero-order valence-corrected chi connectivity index (χ0v) is 18.9. The second-order valence-corrected chi connectivity index (χ2v) is 8.77. The molecule has 0 radical (unpaired) electrons. The molecule has 1 N–H and O–H groups in total. The molecule has 0 saturated carbocycles. The van der Waals surface area contributed by atoms with Gasteiger partial charge in [0.2, 0.25) is 5.95 Å². The summed E-state index contributed by atoms with van der Waals surface area (Å²) in [4.78, 5) is 17.2. The van der Waals surface area contributed by atoms with Crippen LogP contribution in [-0.2, 0) is 6.42 Å². The third kappa shape index (κ3) is 4.62. The lowest BCUT2D eigenvalue weighted by Gasteiger charge is -2.30. The minimum absolute atomic E-state index is 0.444. The Hall–Kier alpha value is -2.12. The molecule has 0 bridgehead atoms. The van der Waals surface area contributed by atoms with Gasteiger partial charge in [0.1, 0.15) is 11.6 Å². The Labute approximate surface area is 180 Å². The minimum Gasteiger partial charge on any atom is -0.496 e. The lowest BCUT2D eigenvalue weighted by Crippen LogP contribution is -2.37. The number of piperidine rings is 1. The fourth-order valence-electron chi connectivity index (χ4n) is 4.50. The van der Waals surface area contributed by atoms with Crippen LogP contribution in [0.1, 0.15) is 31.7 Å². The zero-order chi connectivity index (χ0) is 21.1. The van der Waals surface area contributed by atoms with Gasteiger partial charge in [0.15, 0.2) is 0 Å². The van der Waals surface area contributed by atoms with E-state index in [2.05, 4.69) is 53.2 Å². The molecule has 2 fully saturated rings. The molecule has 2 saturated heterocycles. The van der Waals surface area contributed by atoms with Gasteiger partial charge in [-0.2, -0.15) is 4.98 Å². The molecule has 0 amide bonds. The number of rotatable bonds is 5. The Kier molecular flexibility index (Phi) is 6.58. The Morgan fingerprint density at radius 1 is 1.00 bits per heavy atom. The van der Waals surface area contributed by atoms with Crippen LogP contribution in [0.25, 0.3) is 10.9 Å². The Bertz CT molecular complexity index is 864. The van der Waals surface area contributed by atoms with Gasteiger partial charge in [-0.15, -0.1) is 0 Å². The summed E-state index contributed by atoms with van der Waals surface area (Å²) >= 11 is 0. The van der Waals surface area contributed by atoms with Crippen LogP contribution in [0.3, 0.4) is 0 Å². The third-order valence-corrected chi connectivity index (χ3v) is 6.53. The van der Waals surface area contributed by atoms with Crippen molar-refractivity contribution in [3.8, 4) is 5.75 Å². The molecule has 4 rings (SSSR count). The van der Waals surface area contributed by atoms with E-state index in [1.54, 1.807) is 7.11 Å². The SMILES string of the molecule is CCc1cc2nc(N3CCCN(C)CC3)nc(NC3CCN(C)CC3)c2cc1OC. The van der Waals surface area contributed by atoms with Crippen LogP contribution in [0.4, 0.5) is 11.8 Å². The first-order chi connectivity index (χ1) is 14.6. The largest absolute Gasteiger partial charge is 0.496 e. The van der Waals surface area contributed by atoms with E-state index < -0.39 is 0 Å². The monoisotopic (exact) mass is 412 g/mol. The van der Waals surface area contributed by atoms with E-state index in [1.807, 2.05) is 0 Å². The molecule has 0 atom stereocenters. The summed E-state index contributed by atoms with van der Waals surface area (Å²) in [6.45, 7) is 8.54. The summed E-state index contributed by atoms with van der Waals surface area (Å²) in [5.41, 5.74) is 2.20. The van der Waals surface area contributed by atoms with Crippen molar-refractivity contribution in [2.75, 3.05) is 70.7 Å². The Morgan fingerprint density at radius 3 is 2.50 bits per heavy atom. The number of ether oxygens (including phenoxy) is 1. The number of likely N-dealkylation sites (N-methyl/N-ethyl adjacent to an activating group) is 1. The van der Waals surface area contributed by atoms with Gasteiger partial charge in [0.25, 0.3) is 0 Å². The second-order valence-electron chi connectivity index (χ2n) is 8.77. The number of hydrogen-bond acceptors (Lipinski definition) is 7. The predicted molar refractivity (Wildman–Crippen MR) is 124 cm³/mol. The number of likely N-dealkylation sites (tertiary alicyclic amines) is 1. The number of fused-ring (bicyclic) bond motifs is 1. The summed E-state index contributed by atoms with van der Waals surface area (Å²) in [6.07, 6.45) is 4.33. The minimum atomic E-state index is 0.444. The quantitative estimate of drug-likeness (QED) is 0.810. The van der Waals surface area contributed by atoms with Gasteiger partial charge in [0, 0.05) is 31.1 Å². The van der Waals surface area contributed by atoms with Crippen molar-refractivity contribution < 1.29 is 4.74 Å². The van der Waals surface area contributed by atoms with Crippen molar-refractivity contribution in [3.05, 3.63) is 17.7 Å². The maximum Gasteiger partial charge on any atom is 0.227 e. The van der Waals surface area contributed by atoms with Gasteiger partial charge in [-0.05, 0) is 77.1 Å².